The molecule has 0 saturated carbocycles. The Morgan fingerprint density at radius 1 is 1.19 bits per heavy atom. The fraction of sp³-hybridized carbons (Fsp3) is 0.200. The minimum absolute atomic E-state index is 0.186. The second kappa shape index (κ2) is 7.33. The fourth-order valence-corrected chi connectivity index (χ4v) is 3.98. The number of pyridine rings is 1. The minimum Gasteiger partial charge on any atom is -0.505 e. The maximum atomic E-state index is 13.1. The number of amides is 1. The summed E-state index contributed by atoms with van der Waals surface area (Å²) < 4.78 is 80.2. The van der Waals surface area contributed by atoms with Gasteiger partial charge in [0.05, 0.1) is 12.1 Å². The number of phenols is 1. The van der Waals surface area contributed by atoms with E-state index >= 15 is 0 Å². The zero-order valence-corrected chi connectivity index (χ0v) is 17.1. The number of aromatic hydroxyl groups is 1. The standard InChI is InChI=1S/C20H14F4N2O5S/c1-26-9-14-15(19(26)28)17(27)16-13(18(14)31-32(29,30)20(22,23)24)7-11(8-25-16)6-10-2-4-12(21)5-3-10/h2-5,7-8,27H,6,9H2,1H3. The third-order valence-corrected chi connectivity index (χ3v) is 5.93. The number of fused-ring (bicyclic) bond motifs is 2. The van der Waals surface area contributed by atoms with E-state index in [4.69, 9.17) is 0 Å². The molecule has 1 aliphatic heterocycles. The van der Waals surface area contributed by atoms with Crippen LogP contribution in [0, 0.1) is 5.82 Å². The number of nitrogens with zero attached hydrogens (tertiary/aromatic N) is 2. The van der Waals surface area contributed by atoms with Gasteiger partial charge in [-0.15, -0.1) is 0 Å². The highest BCUT2D eigenvalue weighted by Gasteiger charge is 2.49. The molecule has 1 aliphatic rings. The molecule has 0 aliphatic carbocycles. The first-order valence-electron chi connectivity index (χ1n) is 9.06. The first kappa shape index (κ1) is 21.8. The lowest BCUT2D eigenvalue weighted by Crippen LogP contribution is -2.28. The van der Waals surface area contributed by atoms with Gasteiger partial charge in [-0.05, 0) is 35.7 Å². The van der Waals surface area contributed by atoms with Crippen molar-refractivity contribution < 1.29 is 40.1 Å². The molecule has 0 unspecified atom stereocenters. The molecule has 0 saturated heterocycles. The zero-order valence-electron chi connectivity index (χ0n) is 16.3. The Bertz CT molecular complexity index is 1360. The van der Waals surface area contributed by atoms with Crippen molar-refractivity contribution in [3.63, 3.8) is 0 Å². The summed E-state index contributed by atoms with van der Waals surface area (Å²) in [6.45, 7) is -0.275. The third-order valence-electron chi connectivity index (χ3n) is 4.98. The number of carbonyl (C=O) groups excluding carboxylic acids is 1. The molecule has 2 aromatic carbocycles. The van der Waals surface area contributed by atoms with Gasteiger partial charge in [0.15, 0.2) is 11.5 Å². The molecule has 2 heterocycles. The Morgan fingerprint density at radius 2 is 1.84 bits per heavy atom. The average Bonchev–Trinajstić information content (AvgIpc) is 3.01. The molecule has 0 fully saturated rings. The molecule has 32 heavy (non-hydrogen) atoms. The smallest absolute Gasteiger partial charge is 0.505 e. The number of alkyl halides is 3. The van der Waals surface area contributed by atoms with Crippen LogP contribution < -0.4 is 4.18 Å². The lowest BCUT2D eigenvalue weighted by molar-refractivity contribution is -0.0499. The van der Waals surface area contributed by atoms with Crippen molar-refractivity contribution in [2.24, 2.45) is 0 Å². The summed E-state index contributed by atoms with van der Waals surface area (Å²) in [5, 5.41) is 10.4. The van der Waals surface area contributed by atoms with E-state index in [1.54, 1.807) is 0 Å². The summed E-state index contributed by atoms with van der Waals surface area (Å²) >= 11 is 0. The van der Waals surface area contributed by atoms with Crippen molar-refractivity contribution >= 4 is 26.9 Å². The Balaban J connectivity index is 1.93. The second-order valence-corrected chi connectivity index (χ2v) is 8.76. The van der Waals surface area contributed by atoms with Crippen molar-refractivity contribution in [2.75, 3.05) is 7.05 Å². The third kappa shape index (κ3) is 3.60. The molecule has 1 aromatic heterocycles. The number of phenolic OH excluding ortho intramolecular Hbond substituents is 1. The van der Waals surface area contributed by atoms with Crippen molar-refractivity contribution in [1.29, 1.82) is 0 Å². The first-order valence-corrected chi connectivity index (χ1v) is 10.5. The molecular formula is C20H14F4N2O5S. The molecule has 1 N–H and O–H groups in total. The van der Waals surface area contributed by atoms with Crippen molar-refractivity contribution in [1.82, 2.24) is 9.88 Å². The van der Waals surface area contributed by atoms with Crippen molar-refractivity contribution in [3.8, 4) is 11.5 Å². The highest BCUT2D eigenvalue weighted by atomic mass is 32.2. The van der Waals surface area contributed by atoms with E-state index in [0.717, 1.165) is 4.90 Å². The van der Waals surface area contributed by atoms with Gasteiger partial charge in [0.25, 0.3) is 5.91 Å². The maximum absolute atomic E-state index is 13.1. The van der Waals surface area contributed by atoms with E-state index in [0.29, 0.717) is 11.1 Å². The summed E-state index contributed by atoms with van der Waals surface area (Å²) in [6.07, 6.45) is 1.49. The van der Waals surface area contributed by atoms with Gasteiger partial charge in [-0.25, -0.2) is 4.39 Å². The topological polar surface area (TPSA) is 96.8 Å². The molecule has 168 valence electrons. The van der Waals surface area contributed by atoms with E-state index in [1.807, 2.05) is 0 Å². The molecule has 3 aromatic rings. The largest absolute Gasteiger partial charge is 0.534 e. The molecule has 0 bridgehead atoms. The number of carbonyl (C=O) groups is 1. The van der Waals surface area contributed by atoms with Crippen LogP contribution in [0.1, 0.15) is 27.0 Å². The summed E-state index contributed by atoms with van der Waals surface area (Å²) in [5.41, 5.74) is -5.49. The van der Waals surface area contributed by atoms with Crippen LogP contribution in [0.2, 0.25) is 0 Å². The van der Waals surface area contributed by atoms with Crippen LogP contribution in [-0.2, 0) is 23.1 Å². The van der Waals surface area contributed by atoms with Crippen molar-refractivity contribution in [2.45, 2.75) is 18.5 Å². The van der Waals surface area contributed by atoms with Gasteiger partial charge in [0, 0.05) is 24.2 Å². The normalized spacial score (nSPS) is 14.2. The summed E-state index contributed by atoms with van der Waals surface area (Å²) in [5.74, 6) is -2.48. The van der Waals surface area contributed by atoms with Crippen LogP contribution in [0.4, 0.5) is 17.6 Å². The average molecular weight is 470 g/mol. The number of hydrogen-bond acceptors (Lipinski definition) is 6. The van der Waals surface area contributed by atoms with Crippen molar-refractivity contribution in [3.05, 3.63) is 64.6 Å². The number of halogens is 4. The maximum Gasteiger partial charge on any atom is 0.534 e. The second-order valence-electron chi connectivity index (χ2n) is 7.22. The van der Waals surface area contributed by atoms with Gasteiger partial charge in [-0.2, -0.15) is 21.6 Å². The van der Waals surface area contributed by atoms with Crippen LogP contribution in [0.15, 0.2) is 36.5 Å². The number of hydrogen-bond donors (Lipinski definition) is 1. The highest BCUT2D eigenvalue weighted by molar-refractivity contribution is 7.88. The van der Waals surface area contributed by atoms with Gasteiger partial charge in [-0.1, -0.05) is 12.1 Å². The minimum atomic E-state index is -6.07. The summed E-state index contributed by atoms with van der Waals surface area (Å²) in [4.78, 5) is 17.5. The SMILES string of the molecule is CN1Cc2c(c(O)c3ncc(Cc4ccc(F)cc4)cc3c2OS(=O)(=O)C(F)(F)F)C1=O. The Morgan fingerprint density at radius 3 is 2.47 bits per heavy atom. The fourth-order valence-electron chi connectivity index (χ4n) is 3.48. The molecule has 0 radical (unpaired) electrons. The molecule has 7 nitrogen and oxygen atoms in total. The monoisotopic (exact) mass is 470 g/mol. The predicted molar refractivity (Wildman–Crippen MR) is 104 cm³/mol. The van der Waals surface area contributed by atoms with E-state index in [2.05, 4.69) is 9.17 Å². The van der Waals surface area contributed by atoms with Crippen LogP contribution >= 0.6 is 0 Å². The molecular weight excluding hydrogens is 456 g/mol. The lowest BCUT2D eigenvalue weighted by Gasteiger charge is -2.16. The van der Waals surface area contributed by atoms with Gasteiger partial charge in [0.1, 0.15) is 11.3 Å². The summed E-state index contributed by atoms with van der Waals surface area (Å²) in [6, 6.07) is 6.77. The summed E-state index contributed by atoms with van der Waals surface area (Å²) in [7, 11) is -4.73. The zero-order chi connectivity index (χ0) is 23.4. The van der Waals surface area contributed by atoms with Crippen LogP contribution in [0.3, 0.4) is 0 Å². The van der Waals surface area contributed by atoms with Gasteiger partial charge >= 0.3 is 15.6 Å². The van der Waals surface area contributed by atoms with E-state index in [9.17, 15) is 35.9 Å². The van der Waals surface area contributed by atoms with E-state index in [1.165, 1.54) is 43.6 Å². The van der Waals surface area contributed by atoms with E-state index < -0.39 is 38.8 Å². The van der Waals surface area contributed by atoms with Crippen LogP contribution in [-0.4, -0.2) is 41.9 Å². The van der Waals surface area contributed by atoms with Gasteiger partial charge in [-0.3, -0.25) is 9.78 Å². The quantitative estimate of drug-likeness (QED) is 0.356. The first-order chi connectivity index (χ1) is 14.9. The Kier molecular flexibility index (Phi) is 4.99. The van der Waals surface area contributed by atoms with Crippen LogP contribution in [0.25, 0.3) is 10.9 Å². The highest BCUT2D eigenvalue weighted by Crippen LogP contribution is 2.45. The Labute approximate surface area is 179 Å². The molecule has 0 atom stereocenters. The van der Waals surface area contributed by atoms with E-state index in [-0.39, 0.29) is 35.0 Å². The van der Waals surface area contributed by atoms with Gasteiger partial charge in [0.2, 0.25) is 0 Å². The number of benzene rings is 2. The van der Waals surface area contributed by atoms with Crippen LogP contribution in [0.5, 0.6) is 11.5 Å². The number of rotatable bonds is 4. The molecule has 0 spiro atoms. The Hall–Kier alpha value is -3.41. The van der Waals surface area contributed by atoms with Gasteiger partial charge < -0.3 is 14.2 Å². The molecule has 4 rings (SSSR count). The lowest BCUT2D eigenvalue weighted by atomic mass is 9.99. The predicted octanol–water partition coefficient (Wildman–Crippen LogP) is 3.48. The molecule has 12 heteroatoms. The number of aromatic nitrogens is 1. The molecule has 1 amide bonds.